The van der Waals surface area contributed by atoms with Crippen LogP contribution >= 0.6 is 23.1 Å². The summed E-state index contributed by atoms with van der Waals surface area (Å²) in [7, 11) is 0. The minimum atomic E-state index is -1.18. The van der Waals surface area contributed by atoms with Crippen molar-refractivity contribution in [3.8, 4) is 0 Å². The second-order valence-corrected chi connectivity index (χ2v) is 10.0. The number of aromatic nitrogens is 1. The molecule has 5 N–H and O–H groups in total. The van der Waals surface area contributed by atoms with Crippen molar-refractivity contribution in [3.05, 3.63) is 81.1 Å². The molecule has 0 aliphatic rings. The van der Waals surface area contributed by atoms with Crippen LogP contribution in [0.15, 0.2) is 48.5 Å². The molecule has 0 radical (unpaired) electrons. The van der Waals surface area contributed by atoms with Gasteiger partial charge in [0.1, 0.15) is 16.7 Å². The van der Waals surface area contributed by atoms with Gasteiger partial charge in [-0.05, 0) is 61.6 Å². The molecule has 0 bridgehead atoms. The average molecular weight is 518 g/mol. The second-order valence-electron chi connectivity index (χ2n) is 8.86. The van der Waals surface area contributed by atoms with Gasteiger partial charge in [0.05, 0.1) is 5.69 Å². The lowest BCUT2D eigenvalue weighted by Gasteiger charge is -2.34. The predicted octanol–water partition coefficient (Wildman–Crippen LogP) is 3.92. The lowest BCUT2D eigenvalue weighted by Crippen LogP contribution is -2.49. The highest BCUT2D eigenvalue weighted by Crippen LogP contribution is 2.32. The van der Waals surface area contributed by atoms with Crippen molar-refractivity contribution in [2.75, 3.05) is 5.73 Å². The molecule has 184 valence electrons. The summed E-state index contributed by atoms with van der Waals surface area (Å²) in [6.07, 6.45) is 0. The number of benzene rings is 2. The van der Waals surface area contributed by atoms with Crippen LogP contribution in [-0.2, 0) is 11.3 Å². The van der Waals surface area contributed by atoms with Crippen LogP contribution in [0.25, 0.3) is 0 Å². The van der Waals surface area contributed by atoms with Gasteiger partial charge < -0.3 is 21.7 Å². The first-order valence-corrected chi connectivity index (χ1v) is 11.7. The molecule has 0 fully saturated rings. The van der Waals surface area contributed by atoms with E-state index in [-0.39, 0.29) is 22.8 Å². The first kappa shape index (κ1) is 26.1. The Kier molecular flexibility index (Phi) is 7.76. The summed E-state index contributed by atoms with van der Waals surface area (Å²) in [5.41, 5.74) is 11.2. The Hall–Kier alpha value is -3.50. The van der Waals surface area contributed by atoms with Gasteiger partial charge in [0.15, 0.2) is 5.69 Å². The molecular weight excluding hydrogens is 493 g/mol. The lowest BCUT2D eigenvalue weighted by molar-refractivity contribution is -0.127. The Morgan fingerprint density at radius 1 is 1.14 bits per heavy atom. The minimum absolute atomic E-state index is 0.0541. The molecule has 1 atom stereocenters. The Morgan fingerprint density at radius 2 is 1.77 bits per heavy atom. The van der Waals surface area contributed by atoms with Crippen LogP contribution in [0.5, 0.6) is 0 Å². The van der Waals surface area contributed by atoms with Crippen molar-refractivity contribution in [1.29, 1.82) is 0 Å². The minimum Gasteiger partial charge on any atom is -0.395 e. The zero-order valence-electron chi connectivity index (χ0n) is 19.3. The number of halogens is 2. The van der Waals surface area contributed by atoms with E-state index in [1.165, 1.54) is 29.2 Å². The molecule has 0 saturated carbocycles. The van der Waals surface area contributed by atoms with E-state index in [4.69, 9.17) is 23.1 Å². The van der Waals surface area contributed by atoms with E-state index in [0.717, 1.165) is 0 Å². The molecule has 11 heteroatoms. The summed E-state index contributed by atoms with van der Waals surface area (Å²) in [6.45, 7) is 5.31. The van der Waals surface area contributed by atoms with E-state index < -0.39 is 35.1 Å². The van der Waals surface area contributed by atoms with Gasteiger partial charge in [0, 0.05) is 17.1 Å². The summed E-state index contributed by atoms with van der Waals surface area (Å²) in [4.78, 5) is 40.3. The molecule has 0 aliphatic carbocycles. The SMILES string of the molecule is CC(C)(C)NC(=O)C(c1ccc(F)cc1)N(Cc1ccccc1Cl)C(=O)c1snc(C(N)=O)c1N. The molecular formula is C24H25ClFN5O3S. The van der Waals surface area contributed by atoms with Crippen LogP contribution in [0.4, 0.5) is 10.1 Å². The number of carbonyl (C=O) groups is 3. The van der Waals surface area contributed by atoms with E-state index >= 15 is 0 Å². The highest BCUT2D eigenvalue weighted by atomic mass is 35.5. The van der Waals surface area contributed by atoms with Crippen LogP contribution < -0.4 is 16.8 Å². The number of hydrogen-bond donors (Lipinski definition) is 3. The number of rotatable bonds is 7. The number of nitrogen functional groups attached to an aromatic ring is 1. The van der Waals surface area contributed by atoms with Crippen molar-refractivity contribution >= 4 is 46.5 Å². The summed E-state index contributed by atoms with van der Waals surface area (Å²) in [5, 5.41) is 3.26. The maximum atomic E-state index is 13.8. The molecule has 3 rings (SSSR count). The summed E-state index contributed by atoms with van der Waals surface area (Å²) in [5.74, 6) is -2.53. The summed E-state index contributed by atoms with van der Waals surface area (Å²) >= 11 is 7.07. The van der Waals surface area contributed by atoms with E-state index in [9.17, 15) is 18.8 Å². The highest BCUT2D eigenvalue weighted by Gasteiger charge is 2.36. The monoisotopic (exact) mass is 517 g/mol. The smallest absolute Gasteiger partial charge is 0.270 e. The van der Waals surface area contributed by atoms with Crippen LogP contribution in [-0.4, -0.2) is 32.5 Å². The predicted molar refractivity (Wildman–Crippen MR) is 133 cm³/mol. The molecule has 2 aromatic carbocycles. The van der Waals surface area contributed by atoms with Crippen molar-refractivity contribution < 1.29 is 18.8 Å². The Bertz CT molecular complexity index is 1260. The Morgan fingerprint density at radius 3 is 2.31 bits per heavy atom. The van der Waals surface area contributed by atoms with Crippen molar-refractivity contribution in [2.24, 2.45) is 5.73 Å². The fourth-order valence-corrected chi connectivity index (χ4v) is 4.36. The van der Waals surface area contributed by atoms with Crippen LogP contribution in [0.3, 0.4) is 0 Å². The van der Waals surface area contributed by atoms with E-state index in [1.54, 1.807) is 45.0 Å². The van der Waals surface area contributed by atoms with Gasteiger partial charge in [0.2, 0.25) is 5.91 Å². The van der Waals surface area contributed by atoms with Gasteiger partial charge in [-0.3, -0.25) is 14.4 Å². The topological polar surface area (TPSA) is 131 Å². The fourth-order valence-electron chi connectivity index (χ4n) is 3.41. The van der Waals surface area contributed by atoms with Gasteiger partial charge in [-0.2, -0.15) is 4.37 Å². The van der Waals surface area contributed by atoms with Gasteiger partial charge in [-0.25, -0.2) is 4.39 Å². The van der Waals surface area contributed by atoms with Crippen LogP contribution in [0, 0.1) is 5.82 Å². The summed E-state index contributed by atoms with van der Waals surface area (Å²) < 4.78 is 17.6. The number of hydrogen-bond acceptors (Lipinski definition) is 6. The Balaban J connectivity index is 2.18. The normalized spacial score (nSPS) is 12.1. The Labute approximate surface area is 211 Å². The van der Waals surface area contributed by atoms with Gasteiger partial charge in [-0.15, -0.1) is 0 Å². The standard InChI is InChI=1S/C24H25ClFN5O3S/c1-24(2,3)29-22(33)19(13-8-10-15(26)11-9-13)31(12-14-6-4-5-7-16(14)25)23(34)20-17(27)18(21(28)32)30-35-20/h4-11,19H,12,27H2,1-3H3,(H2,28,32)(H,29,33). The van der Waals surface area contributed by atoms with Gasteiger partial charge >= 0.3 is 0 Å². The van der Waals surface area contributed by atoms with Crippen LogP contribution in [0.2, 0.25) is 5.02 Å². The molecule has 35 heavy (non-hydrogen) atoms. The van der Waals surface area contributed by atoms with Gasteiger partial charge in [-0.1, -0.05) is 41.9 Å². The number of nitrogens with two attached hydrogens (primary N) is 2. The van der Waals surface area contributed by atoms with Crippen LogP contribution in [0.1, 0.15) is 58.1 Å². The molecule has 3 amide bonds. The van der Waals surface area contributed by atoms with Gasteiger partial charge in [0.25, 0.3) is 11.8 Å². The first-order chi connectivity index (χ1) is 16.4. The number of anilines is 1. The van der Waals surface area contributed by atoms with Crippen molar-refractivity contribution in [3.63, 3.8) is 0 Å². The zero-order chi connectivity index (χ0) is 25.9. The summed E-state index contributed by atoms with van der Waals surface area (Å²) in [6, 6.07) is 11.0. The maximum absolute atomic E-state index is 13.8. The molecule has 1 heterocycles. The third-order valence-corrected chi connectivity index (χ3v) is 6.18. The average Bonchev–Trinajstić information content (AvgIpc) is 3.15. The molecule has 1 aromatic heterocycles. The third-order valence-electron chi connectivity index (χ3n) is 4.96. The largest absolute Gasteiger partial charge is 0.395 e. The first-order valence-electron chi connectivity index (χ1n) is 10.6. The number of nitrogens with one attached hydrogen (secondary N) is 1. The van der Waals surface area contributed by atoms with Crippen molar-refractivity contribution in [2.45, 2.75) is 38.9 Å². The number of carbonyl (C=O) groups excluding carboxylic acids is 3. The maximum Gasteiger partial charge on any atom is 0.270 e. The fraction of sp³-hybridized carbons (Fsp3) is 0.250. The quantitative estimate of drug-likeness (QED) is 0.437. The molecule has 0 aliphatic heterocycles. The molecule has 0 saturated heterocycles. The number of nitrogens with zero attached hydrogens (tertiary/aromatic N) is 2. The lowest BCUT2D eigenvalue weighted by atomic mass is 10.0. The number of primary amides is 1. The molecule has 1 unspecified atom stereocenters. The molecule has 8 nitrogen and oxygen atoms in total. The van der Waals surface area contributed by atoms with Crippen molar-refractivity contribution in [1.82, 2.24) is 14.6 Å². The molecule has 3 aromatic rings. The number of amides is 3. The van der Waals surface area contributed by atoms with E-state index in [2.05, 4.69) is 9.69 Å². The molecule has 0 spiro atoms. The zero-order valence-corrected chi connectivity index (χ0v) is 20.9. The third kappa shape index (κ3) is 6.14. The second kappa shape index (κ2) is 10.4. The van der Waals surface area contributed by atoms with E-state index in [1.807, 2.05) is 0 Å². The van der Waals surface area contributed by atoms with E-state index in [0.29, 0.717) is 27.7 Å². The highest BCUT2D eigenvalue weighted by molar-refractivity contribution is 7.09.